The third kappa shape index (κ3) is 5.30. The zero-order chi connectivity index (χ0) is 19.8. The van der Waals surface area contributed by atoms with Gasteiger partial charge in [0.05, 0.1) is 13.3 Å². The first-order valence-electron chi connectivity index (χ1n) is 9.12. The average Bonchev–Trinajstić information content (AvgIpc) is 3.26. The fourth-order valence-electron chi connectivity index (χ4n) is 2.79. The van der Waals surface area contributed by atoms with Gasteiger partial charge in [-0.05, 0) is 61.4 Å². The maximum atomic E-state index is 12.2. The Morgan fingerprint density at radius 2 is 1.71 bits per heavy atom. The van der Waals surface area contributed by atoms with Crippen molar-refractivity contribution in [3.63, 3.8) is 0 Å². The molecule has 0 saturated carbocycles. The summed E-state index contributed by atoms with van der Waals surface area (Å²) in [6.07, 6.45) is 5.14. The highest BCUT2D eigenvalue weighted by Crippen LogP contribution is 2.21. The van der Waals surface area contributed by atoms with Gasteiger partial charge in [0.2, 0.25) is 5.91 Å². The van der Waals surface area contributed by atoms with E-state index in [0.29, 0.717) is 37.0 Å². The van der Waals surface area contributed by atoms with Crippen LogP contribution in [0.15, 0.2) is 65.5 Å². The van der Waals surface area contributed by atoms with Crippen molar-refractivity contribution in [3.05, 3.63) is 66.7 Å². The van der Waals surface area contributed by atoms with Crippen LogP contribution in [-0.2, 0) is 4.79 Å². The minimum Gasteiger partial charge on any atom is -0.497 e. The highest BCUT2D eigenvalue weighted by Gasteiger charge is 2.08. The van der Waals surface area contributed by atoms with E-state index in [0.717, 1.165) is 17.0 Å². The van der Waals surface area contributed by atoms with E-state index in [1.807, 2.05) is 24.3 Å². The van der Waals surface area contributed by atoms with Crippen molar-refractivity contribution in [2.24, 2.45) is 0 Å². The molecule has 0 radical (unpaired) electrons. The Labute approximate surface area is 163 Å². The molecule has 28 heavy (non-hydrogen) atoms. The van der Waals surface area contributed by atoms with Crippen LogP contribution < -0.4 is 10.1 Å². The lowest BCUT2D eigenvalue weighted by Gasteiger charge is -2.06. The Kier molecular flexibility index (Phi) is 6.57. The Balaban J connectivity index is 1.39. The van der Waals surface area contributed by atoms with Crippen molar-refractivity contribution in [2.75, 3.05) is 12.4 Å². The summed E-state index contributed by atoms with van der Waals surface area (Å²) in [6, 6.07) is 14.4. The Bertz CT molecular complexity index is 901. The van der Waals surface area contributed by atoms with Crippen LogP contribution in [0.2, 0.25) is 0 Å². The molecule has 0 aliphatic heterocycles. The number of nitrogens with one attached hydrogen (secondary N) is 1. The lowest BCUT2D eigenvalue weighted by molar-refractivity contribution is -0.116. The first-order chi connectivity index (χ1) is 13.7. The standard InChI is InChI=1S/C22H22N2O4/c1-27-19-12-8-16(9-13-19)20(25)4-2-3-5-22(26)24-18-10-6-17(7-11-18)21-14-23-15-28-21/h6-15H,2-5H2,1H3,(H,24,26). The highest BCUT2D eigenvalue weighted by molar-refractivity contribution is 5.96. The number of anilines is 1. The number of rotatable bonds is 9. The molecule has 0 unspecified atom stereocenters. The molecule has 0 aliphatic carbocycles. The summed E-state index contributed by atoms with van der Waals surface area (Å²) >= 11 is 0. The van der Waals surface area contributed by atoms with Gasteiger partial charge in [0, 0.05) is 29.7 Å². The Morgan fingerprint density at radius 1 is 1.00 bits per heavy atom. The van der Waals surface area contributed by atoms with E-state index in [4.69, 9.17) is 9.15 Å². The van der Waals surface area contributed by atoms with E-state index >= 15 is 0 Å². The summed E-state index contributed by atoms with van der Waals surface area (Å²) in [5, 5.41) is 2.86. The molecule has 0 bridgehead atoms. The van der Waals surface area contributed by atoms with Crippen LogP contribution in [0.3, 0.4) is 0 Å². The number of Topliss-reactive ketones (excluding diaryl/α,β-unsaturated/α-hetero) is 1. The first kappa shape index (κ1) is 19.4. The van der Waals surface area contributed by atoms with Crippen LogP contribution in [0.25, 0.3) is 11.3 Å². The molecule has 6 heteroatoms. The second-order valence-electron chi connectivity index (χ2n) is 6.35. The van der Waals surface area contributed by atoms with Crippen molar-refractivity contribution in [1.29, 1.82) is 0 Å². The molecule has 6 nitrogen and oxygen atoms in total. The molecule has 1 N–H and O–H groups in total. The van der Waals surface area contributed by atoms with Crippen molar-refractivity contribution in [1.82, 2.24) is 4.98 Å². The molecular weight excluding hydrogens is 356 g/mol. The van der Waals surface area contributed by atoms with Crippen LogP contribution >= 0.6 is 0 Å². The number of oxazole rings is 1. The van der Waals surface area contributed by atoms with Crippen molar-refractivity contribution in [3.8, 4) is 17.1 Å². The number of ketones is 1. The number of methoxy groups -OCH3 is 1. The van der Waals surface area contributed by atoms with Crippen molar-refractivity contribution < 1.29 is 18.7 Å². The maximum Gasteiger partial charge on any atom is 0.224 e. The zero-order valence-corrected chi connectivity index (χ0v) is 15.7. The second-order valence-corrected chi connectivity index (χ2v) is 6.35. The number of hydrogen-bond acceptors (Lipinski definition) is 5. The van der Waals surface area contributed by atoms with Gasteiger partial charge in [-0.25, -0.2) is 4.98 Å². The number of unbranched alkanes of at least 4 members (excludes halogenated alkanes) is 1. The molecule has 0 saturated heterocycles. The van der Waals surface area contributed by atoms with Crippen LogP contribution in [0.1, 0.15) is 36.0 Å². The fraction of sp³-hybridized carbons (Fsp3) is 0.227. The molecular formula is C22H22N2O4. The molecule has 1 amide bonds. The van der Waals surface area contributed by atoms with E-state index in [2.05, 4.69) is 10.3 Å². The van der Waals surface area contributed by atoms with Gasteiger partial charge in [-0.1, -0.05) is 0 Å². The van der Waals surface area contributed by atoms with Crippen LogP contribution in [0.5, 0.6) is 5.75 Å². The smallest absolute Gasteiger partial charge is 0.224 e. The number of carbonyl (C=O) groups is 2. The lowest BCUT2D eigenvalue weighted by Crippen LogP contribution is -2.11. The van der Waals surface area contributed by atoms with Gasteiger partial charge in [0.1, 0.15) is 5.75 Å². The summed E-state index contributed by atoms with van der Waals surface area (Å²) in [4.78, 5) is 28.1. The van der Waals surface area contributed by atoms with Gasteiger partial charge < -0.3 is 14.5 Å². The zero-order valence-electron chi connectivity index (χ0n) is 15.7. The minimum absolute atomic E-state index is 0.0655. The molecule has 0 spiro atoms. The van der Waals surface area contributed by atoms with Crippen LogP contribution in [-0.4, -0.2) is 23.8 Å². The Hall–Kier alpha value is -3.41. The number of aromatic nitrogens is 1. The van der Waals surface area contributed by atoms with E-state index in [-0.39, 0.29) is 11.7 Å². The molecule has 3 aromatic rings. The van der Waals surface area contributed by atoms with Crippen LogP contribution in [0, 0.1) is 0 Å². The number of ether oxygens (including phenoxy) is 1. The lowest BCUT2D eigenvalue weighted by atomic mass is 10.0. The van der Waals surface area contributed by atoms with Gasteiger partial charge in [-0.15, -0.1) is 0 Å². The topological polar surface area (TPSA) is 81.4 Å². The normalized spacial score (nSPS) is 10.5. The molecule has 2 aromatic carbocycles. The summed E-state index contributed by atoms with van der Waals surface area (Å²) < 4.78 is 10.3. The third-order valence-electron chi connectivity index (χ3n) is 4.36. The number of nitrogens with zero attached hydrogens (tertiary/aromatic N) is 1. The highest BCUT2D eigenvalue weighted by atomic mass is 16.5. The van der Waals surface area contributed by atoms with Crippen molar-refractivity contribution in [2.45, 2.75) is 25.7 Å². The predicted octanol–water partition coefficient (Wildman–Crippen LogP) is 4.73. The van der Waals surface area contributed by atoms with Gasteiger partial charge in [0.25, 0.3) is 0 Å². The number of amides is 1. The van der Waals surface area contributed by atoms with E-state index in [1.165, 1.54) is 6.39 Å². The largest absolute Gasteiger partial charge is 0.497 e. The molecule has 1 aromatic heterocycles. The monoisotopic (exact) mass is 378 g/mol. The minimum atomic E-state index is -0.0655. The van der Waals surface area contributed by atoms with Gasteiger partial charge in [-0.2, -0.15) is 0 Å². The van der Waals surface area contributed by atoms with Gasteiger partial charge in [-0.3, -0.25) is 9.59 Å². The molecule has 144 valence electrons. The van der Waals surface area contributed by atoms with E-state index < -0.39 is 0 Å². The third-order valence-corrected chi connectivity index (χ3v) is 4.36. The molecule has 1 heterocycles. The molecule has 0 aliphatic rings. The summed E-state index contributed by atoms with van der Waals surface area (Å²) in [5.41, 5.74) is 2.28. The van der Waals surface area contributed by atoms with Gasteiger partial charge >= 0.3 is 0 Å². The number of hydrogen-bond donors (Lipinski definition) is 1. The predicted molar refractivity (Wildman–Crippen MR) is 106 cm³/mol. The summed E-state index contributed by atoms with van der Waals surface area (Å²) in [7, 11) is 1.59. The van der Waals surface area contributed by atoms with E-state index in [1.54, 1.807) is 37.6 Å². The average molecular weight is 378 g/mol. The van der Waals surface area contributed by atoms with Crippen LogP contribution in [0.4, 0.5) is 5.69 Å². The first-order valence-corrected chi connectivity index (χ1v) is 9.12. The maximum absolute atomic E-state index is 12.2. The SMILES string of the molecule is COc1ccc(C(=O)CCCCC(=O)Nc2ccc(-c3cnco3)cc2)cc1. The number of carbonyl (C=O) groups excluding carboxylic acids is 2. The van der Waals surface area contributed by atoms with Crippen molar-refractivity contribution >= 4 is 17.4 Å². The molecule has 0 atom stereocenters. The van der Waals surface area contributed by atoms with E-state index in [9.17, 15) is 9.59 Å². The summed E-state index contributed by atoms with van der Waals surface area (Å²) in [6.45, 7) is 0. The van der Waals surface area contributed by atoms with Gasteiger partial charge in [0.15, 0.2) is 17.9 Å². The molecule has 3 rings (SSSR count). The fourth-order valence-corrected chi connectivity index (χ4v) is 2.79. The number of benzene rings is 2. The Morgan fingerprint density at radius 3 is 2.36 bits per heavy atom. The second kappa shape index (κ2) is 9.50. The molecule has 0 fully saturated rings. The quantitative estimate of drug-likeness (QED) is 0.430. The summed E-state index contributed by atoms with van der Waals surface area (Å²) in [5.74, 6) is 1.41.